The number of amides is 1. The predicted octanol–water partition coefficient (Wildman–Crippen LogP) is 0.667. The molecule has 0 fully saturated rings. The van der Waals surface area contributed by atoms with Crippen molar-refractivity contribution < 1.29 is 14.6 Å². The highest BCUT2D eigenvalue weighted by Gasteiger charge is 2.14. The van der Waals surface area contributed by atoms with E-state index in [9.17, 15) is 9.90 Å². The highest BCUT2D eigenvalue weighted by molar-refractivity contribution is 5.81. The maximum Gasteiger partial charge on any atom is 0.237 e. The zero-order valence-corrected chi connectivity index (χ0v) is 12.0. The lowest BCUT2D eigenvalue weighted by Crippen LogP contribution is -2.47. The quantitative estimate of drug-likeness (QED) is 0.505. The number of carbonyl (C=O) groups is 1. The summed E-state index contributed by atoms with van der Waals surface area (Å²) in [4.78, 5) is 11.6. The molecule has 0 aliphatic heterocycles. The third kappa shape index (κ3) is 9.39. The maximum atomic E-state index is 11.6. The SMILES string of the molecule is CCCCOCC(O)CNC(C)C(=O)NC(C)C. The molecule has 0 spiro atoms. The molecule has 0 heterocycles. The Kier molecular flexibility index (Phi) is 9.92. The summed E-state index contributed by atoms with van der Waals surface area (Å²) in [6.07, 6.45) is 1.52. The topological polar surface area (TPSA) is 70.6 Å². The Morgan fingerprint density at radius 2 is 2.00 bits per heavy atom. The Labute approximate surface area is 110 Å². The normalized spacial score (nSPS) is 14.6. The van der Waals surface area contributed by atoms with Gasteiger partial charge in [-0.2, -0.15) is 0 Å². The van der Waals surface area contributed by atoms with Crippen molar-refractivity contribution in [3.05, 3.63) is 0 Å². The largest absolute Gasteiger partial charge is 0.389 e. The van der Waals surface area contributed by atoms with Crippen molar-refractivity contribution in [3.63, 3.8) is 0 Å². The summed E-state index contributed by atoms with van der Waals surface area (Å²) >= 11 is 0. The second kappa shape index (κ2) is 10.3. The van der Waals surface area contributed by atoms with E-state index in [1.54, 1.807) is 6.92 Å². The van der Waals surface area contributed by atoms with Crippen LogP contribution in [0.1, 0.15) is 40.5 Å². The highest BCUT2D eigenvalue weighted by Crippen LogP contribution is 1.92. The Balaban J connectivity index is 3.64. The van der Waals surface area contributed by atoms with Gasteiger partial charge < -0.3 is 20.5 Å². The molecule has 5 nitrogen and oxygen atoms in total. The number of rotatable bonds is 10. The number of unbranched alkanes of at least 4 members (excludes halogenated alkanes) is 1. The Morgan fingerprint density at radius 1 is 1.33 bits per heavy atom. The van der Waals surface area contributed by atoms with E-state index in [1.807, 2.05) is 13.8 Å². The van der Waals surface area contributed by atoms with Crippen LogP contribution in [0.2, 0.25) is 0 Å². The monoisotopic (exact) mass is 260 g/mol. The average molecular weight is 260 g/mol. The summed E-state index contributed by atoms with van der Waals surface area (Å²) < 4.78 is 5.30. The number of aliphatic hydroxyl groups excluding tert-OH is 1. The standard InChI is InChI=1S/C13H28N2O3/c1-5-6-7-18-9-12(16)8-14-11(4)13(17)15-10(2)3/h10-12,14,16H,5-9H2,1-4H3,(H,15,17). The highest BCUT2D eigenvalue weighted by atomic mass is 16.5. The van der Waals surface area contributed by atoms with Gasteiger partial charge in [0.05, 0.1) is 18.8 Å². The van der Waals surface area contributed by atoms with E-state index < -0.39 is 6.10 Å². The van der Waals surface area contributed by atoms with Crippen LogP contribution in [0.4, 0.5) is 0 Å². The van der Waals surface area contributed by atoms with Crippen molar-refractivity contribution in [2.45, 2.75) is 58.7 Å². The molecule has 2 atom stereocenters. The fourth-order valence-electron chi connectivity index (χ4n) is 1.34. The third-order valence-electron chi connectivity index (χ3n) is 2.44. The molecule has 18 heavy (non-hydrogen) atoms. The van der Waals surface area contributed by atoms with Crippen LogP contribution >= 0.6 is 0 Å². The predicted molar refractivity (Wildman–Crippen MR) is 72.5 cm³/mol. The van der Waals surface area contributed by atoms with E-state index in [0.717, 1.165) is 12.8 Å². The van der Waals surface area contributed by atoms with Gasteiger partial charge in [0.1, 0.15) is 0 Å². The summed E-state index contributed by atoms with van der Waals surface area (Å²) in [5, 5.41) is 15.4. The van der Waals surface area contributed by atoms with E-state index in [-0.39, 0.29) is 18.0 Å². The molecular weight excluding hydrogens is 232 g/mol. The van der Waals surface area contributed by atoms with Gasteiger partial charge in [0.25, 0.3) is 0 Å². The zero-order valence-electron chi connectivity index (χ0n) is 12.0. The molecule has 108 valence electrons. The fraction of sp³-hybridized carbons (Fsp3) is 0.923. The van der Waals surface area contributed by atoms with Crippen LogP contribution in [0.5, 0.6) is 0 Å². The minimum Gasteiger partial charge on any atom is -0.389 e. The molecule has 0 aliphatic carbocycles. The molecule has 0 saturated carbocycles. The van der Waals surface area contributed by atoms with Gasteiger partial charge >= 0.3 is 0 Å². The van der Waals surface area contributed by atoms with E-state index >= 15 is 0 Å². The summed E-state index contributed by atoms with van der Waals surface area (Å²) in [7, 11) is 0. The van der Waals surface area contributed by atoms with E-state index in [2.05, 4.69) is 17.6 Å². The molecule has 5 heteroatoms. The maximum absolute atomic E-state index is 11.6. The molecule has 0 rings (SSSR count). The molecule has 0 saturated heterocycles. The van der Waals surface area contributed by atoms with E-state index in [1.165, 1.54) is 0 Å². The molecule has 0 aromatic rings. The van der Waals surface area contributed by atoms with Gasteiger partial charge in [0.2, 0.25) is 5.91 Å². The van der Waals surface area contributed by atoms with Crippen LogP contribution < -0.4 is 10.6 Å². The van der Waals surface area contributed by atoms with Crippen LogP contribution in [-0.2, 0) is 9.53 Å². The van der Waals surface area contributed by atoms with Crippen molar-refractivity contribution in [3.8, 4) is 0 Å². The summed E-state index contributed by atoms with van der Waals surface area (Å²) in [6, 6.07) is -0.179. The van der Waals surface area contributed by atoms with Gasteiger partial charge in [0.15, 0.2) is 0 Å². The second-order valence-electron chi connectivity index (χ2n) is 4.88. The second-order valence-corrected chi connectivity index (χ2v) is 4.88. The molecule has 1 amide bonds. The minimum atomic E-state index is -0.573. The first kappa shape index (κ1) is 17.4. The average Bonchev–Trinajstić information content (AvgIpc) is 2.30. The van der Waals surface area contributed by atoms with Crippen molar-refractivity contribution in [1.29, 1.82) is 0 Å². The van der Waals surface area contributed by atoms with Crippen molar-refractivity contribution in [1.82, 2.24) is 10.6 Å². The van der Waals surface area contributed by atoms with Gasteiger partial charge in [-0.15, -0.1) is 0 Å². The summed E-state index contributed by atoms with van der Waals surface area (Å²) in [6.45, 7) is 9.06. The first-order valence-corrected chi connectivity index (χ1v) is 6.76. The molecule has 2 unspecified atom stereocenters. The van der Waals surface area contributed by atoms with Crippen molar-refractivity contribution in [2.75, 3.05) is 19.8 Å². The molecule has 0 aromatic carbocycles. The Bertz CT molecular complexity index is 222. The number of carbonyl (C=O) groups excluding carboxylic acids is 1. The third-order valence-corrected chi connectivity index (χ3v) is 2.44. The number of hydrogen-bond donors (Lipinski definition) is 3. The van der Waals surface area contributed by atoms with Gasteiger partial charge in [-0.1, -0.05) is 13.3 Å². The van der Waals surface area contributed by atoms with Crippen molar-refractivity contribution in [2.24, 2.45) is 0 Å². The van der Waals surface area contributed by atoms with Crippen molar-refractivity contribution >= 4 is 5.91 Å². The van der Waals surface area contributed by atoms with Crippen LogP contribution in [0, 0.1) is 0 Å². The molecule has 0 bridgehead atoms. The molecule has 0 aromatic heterocycles. The van der Waals surface area contributed by atoms with Gasteiger partial charge in [-0.05, 0) is 27.2 Å². The fourth-order valence-corrected chi connectivity index (χ4v) is 1.34. The van der Waals surface area contributed by atoms with Crippen LogP contribution in [0.3, 0.4) is 0 Å². The summed E-state index contributed by atoms with van der Waals surface area (Å²) in [5.74, 6) is -0.0518. The smallest absolute Gasteiger partial charge is 0.237 e. The van der Waals surface area contributed by atoms with E-state index in [0.29, 0.717) is 19.8 Å². The van der Waals surface area contributed by atoms with Crippen LogP contribution in [0.25, 0.3) is 0 Å². The molecular formula is C13H28N2O3. The Hall–Kier alpha value is -0.650. The number of nitrogens with one attached hydrogen (secondary N) is 2. The van der Waals surface area contributed by atoms with E-state index in [4.69, 9.17) is 4.74 Å². The Morgan fingerprint density at radius 3 is 2.56 bits per heavy atom. The van der Waals surface area contributed by atoms with Crippen LogP contribution in [-0.4, -0.2) is 49.0 Å². The first-order chi connectivity index (χ1) is 8.47. The lowest BCUT2D eigenvalue weighted by atomic mass is 10.2. The van der Waals surface area contributed by atoms with Gasteiger partial charge in [0, 0.05) is 19.2 Å². The zero-order chi connectivity index (χ0) is 14.0. The number of ether oxygens (including phenoxy) is 1. The van der Waals surface area contributed by atoms with Gasteiger partial charge in [-0.3, -0.25) is 4.79 Å². The first-order valence-electron chi connectivity index (χ1n) is 6.76. The molecule has 3 N–H and O–H groups in total. The number of hydrogen-bond acceptors (Lipinski definition) is 4. The molecule has 0 aliphatic rings. The number of aliphatic hydroxyl groups is 1. The summed E-state index contributed by atoms with van der Waals surface area (Å²) in [5.41, 5.74) is 0. The van der Waals surface area contributed by atoms with Gasteiger partial charge in [-0.25, -0.2) is 0 Å². The lowest BCUT2D eigenvalue weighted by molar-refractivity contribution is -0.123. The molecule has 0 radical (unpaired) electrons. The minimum absolute atomic E-state index is 0.0518. The lowest BCUT2D eigenvalue weighted by Gasteiger charge is -2.18. The van der Waals surface area contributed by atoms with Crippen LogP contribution in [0.15, 0.2) is 0 Å².